The lowest BCUT2D eigenvalue weighted by molar-refractivity contribution is -0.113. The Morgan fingerprint density at radius 3 is 2.53 bits per heavy atom. The van der Waals surface area contributed by atoms with Crippen molar-refractivity contribution in [3.63, 3.8) is 0 Å². The van der Waals surface area contributed by atoms with E-state index >= 15 is 0 Å². The first-order valence-electron chi connectivity index (χ1n) is 11.1. The third-order valence-corrected chi connectivity index (χ3v) is 7.90. The lowest BCUT2D eigenvalue weighted by Gasteiger charge is -2.14. The molecule has 2 aromatic heterocycles. The normalized spacial score (nSPS) is 11.2. The summed E-state index contributed by atoms with van der Waals surface area (Å²) in [6.45, 7) is 8.14. The molecule has 176 valence electrons. The monoisotopic (exact) mass is 495 g/mol. The molecule has 4 aromatic rings. The van der Waals surface area contributed by atoms with Crippen molar-refractivity contribution in [1.82, 2.24) is 9.55 Å². The van der Waals surface area contributed by atoms with Gasteiger partial charge in [-0.2, -0.15) is 0 Å². The van der Waals surface area contributed by atoms with E-state index in [4.69, 9.17) is 4.98 Å². The molecule has 0 aliphatic rings. The molecule has 4 rings (SSSR count). The van der Waals surface area contributed by atoms with Crippen LogP contribution in [0.1, 0.15) is 34.9 Å². The Morgan fingerprint density at radius 1 is 1.12 bits per heavy atom. The van der Waals surface area contributed by atoms with Gasteiger partial charge in [-0.05, 0) is 80.3 Å². The fourth-order valence-corrected chi connectivity index (χ4v) is 5.86. The van der Waals surface area contributed by atoms with Crippen molar-refractivity contribution < 1.29 is 9.18 Å². The van der Waals surface area contributed by atoms with Gasteiger partial charge in [0.1, 0.15) is 10.6 Å². The number of aromatic nitrogens is 2. The van der Waals surface area contributed by atoms with Gasteiger partial charge in [0, 0.05) is 10.6 Å². The van der Waals surface area contributed by atoms with Crippen molar-refractivity contribution in [3.8, 4) is 5.69 Å². The van der Waals surface area contributed by atoms with Gasteiger partial charge in [0.2, 0.25) is 5.91 Å². The molecule has 0 aliphatic carbocycles. The van der Waals surface area contributed by atoms with Gasteiger partial charge in [-0.1, -0.05) is 31.2 Å². The summed E-state index contributed by atoms with van der Waals surface area (Å²) in [4.78, 5) is 33.0. The van der Waals surface area contributed by atoms with Crippen molar-refractivity contribution in [2.75, 3.05) is 11.1 Å². The number of thiophene rings is 1. The topological polar surface area (TPSA) is 64.0 Å². The number of halogens is 1. The van der Waals surface area contributed by atoms with Crippen LogP contribution in [0.3, 0.4) is 0 Å². The maximum Gasteiger partial charge on any atom is 0.267 e. The molecule has 1 N–H and O–H groups in total. The highest BCUT2D eigenvalue weighted by atomic mass is 32.2. The lowest BCUT2D eigenvalue weighted by atomic mass is 10.1. The van der Waals surface area contributed by atoms with Crippen LogP contribution in [0.2, 0.25) is 0 Å². The fraction of sp³-hybridized carbons (Fsp3) is 0.269. The number of thioether (sulfide) groups is 1. The second-order valence-electron chi connectivity index (χ2n) is 8.23. The SMILES string of the molecule is CCCc1sc2nc(SCC(=O)Nc3ccc(F)cc3)n(-c3ccc(C)c(C)c3)c(=O)c2c1C. The van der Waals surface area contributed by atoms with Gasteiger partial charge >= 0.3 is 0 Å². The summed E-state index contributed by atoms with van der Waals surface area (Å²) in [5, 5.41) is 3.87. The van der Waals surface area contributed by atoms with Crippen molar-refractivity contribution in [2.45, 2.75) is 45.7 Å². The Morgan fingerprint density at radius 2 is 1.85 bits per heavy atom. The zero-order chi connectivity index (χ0) is 24.4. The first-order chi connectivity index (χ1) is 16.3. The molecule has 2 aromatic carbocycles. The Balaban J connectivity index is 1.74. The van der Waals surface area contributed by atoms with Crippen LogP contribution in [0.15, 0.2) is 52.4 Å². The van der Waals surface area contributed by atoms with E-state index < -0.39 is 0 Å². The van der Waals surface area contributed by atoms with Gasteiger partial charge in [0.25, 0.3) is 5.56 Å². The van der Waals surface area contributed by atoms with E-state index in [2.05, 4.69) is 12.2 Å². The van der Waals surface area contributed by atoms with Crippen LogP contribution in [0, 0.1) is 26.6 Å². The fourth-order valence-electron chi connectivity index (χ4n) is 3.73. The molecule has 5 nitrogen and oxygen atoms in total. The van der Waals surface area contributed by atoms with E-state index in [0.29, 0.717) is 21.1 Å². The largest absolute Gasteiger partial charge is 0.325 e. The summed E-state index contributed by atoms with van der Waals surface area (Å²) in [6, 6.07) is 11.5. The predicted octanol–water partition coefficient (Wildman–Crippen LogP) is 6.19. The quantitative estimate of drug-likeness (QED) is 0.245. The molecule has 2 heterocycles. The molecule has 0 unspecified atom stereocenters. The van der Waals surface area contributed by atoms with E-state index in [1.807, 2.05) is 39.0 Å². The molecule has 0 aliphatic heterocycles. The number of nitrogens with one attached hydrogen (secondary N) is 1. The van der Waals surface area contributed by atoms with Gasteiger partial charge in [-0.15, -0.1) is 11.3 Å². The molecule has 8 heteroatoms. The zero-order valence-electron chi connectivity index (χ0n) is 19.6. The number of rotatable bonds is 7. The molecule has 0 saturated carbocycles. The standard InChI is InChI=1S/C26H26FN3O2S2/c1-5-6-21-17(4)23-24(34-21)29-26(30(25(23)32)20-12-7-15(2)16(3)13-20)33-14-22(31)28-19-10-8-18(27)9-11-19/h7-13H,5-6,14H2,1-4H3,(H,28,31). The molecule has 0 atom stereocenters. The van der Waals surface area contributed by atoms with Gasteiger partial charge in [-0.3, -0.25) is 14.2 Å². The van der Waals surface area contributed by atoms with Crippen molar-refractivity contribution in [1.29, 1.82) is 0 Å². The van der Waals surface area contributed by atoms with E-state index in [-0.39, 0.29) is 23.0 Å². The molecule has 1 amide bonds. The zero-order valence-corrected chi connectivity index (χ0v) is 21.2. The Labute approximate surface area is 206 Å². The van der Waals surface area contributed by atoms with Gasteiger partial charge in [-0.25, -0.2) is 9.37 Å². The number of carbonyl (C=O) groups is 1. The Hall–Kier alpha value is -2.97. The summed E-state index contributed by atoms with van der Waals surface area (Å²) in [7, 11) is 0. The Kier molecular flexibility index (Phi) is 7.19. The molecular weight excluding hydrogens is 469 g/mol. The molecule has 0 spiro atoms. The number of hydrogen-bond acceptors (Lipinski definition) is 5. The maximum atomic E-state index is 13.7. The van der Waals surface area contributed by atoms with Crippen LogP contribution in [-0.4, -0.2) is 21.2 Å². The number of fused-ring (bicyclic) bond motifs is 1. The Bertz CT molecular complexity index is 1420. The first-order valence-corrected chi connectivity index (χ1v) is 12.9. The highest BCUT2D eigenvalue weighted by Gasteiger charge is 2.20. The summed E-state index contributed by atoms with van der Waals surface area (Å²) in [5.41, 5.74) is 4.32. The van der Waals surface area contributed by atoms with Crippen LogP contribution >= 0.6 is 23.1 Å². The van der Waals surface area contributed by atoms with Crippen LogP contribution in [0.4, 0.5) is 10.1 Å². The molecule has 0 fully saturated rings. The van der Waals surface area contributed by atoms with Crippen LogP contribution in [0.5, 0.6) is 0 Å². The van der Waals surface area contributed by atoms with Crippen molar-refractivity contribution in [3.05, 3.63) is 80.2 Å². The number of benzene rings is 2. The number of anilines is 1. The van der Waals surface area contributed by atoms with Crippen LogP contribution in [0.25, 0.3) is 15.9 Å². The van der Waals surface area contributed by atoms with Gasteiger partial charge in [0.05, 0.1) is 16.8 Å². The number of carbonyl (C=O) groups excluding carboxylic acids is 1. The van der Waals surface area contributed by atoms with Crippen molar-refractivity contribution >= 4 is 44.9 Å². The smallest absolute Gasteiger partial charge is 0.267 e. The summed E-state index contributed by atoms with van der Waals surface area (Å²) in [6.07, 6.45) is 1.89. The molecular formula is C26H26FN3O2S2. The number of aryl methyl sites for hydroxylation is 4. The van der Waals surface area contributed by atoms with Crippen LogP contribution < -0.4 is 10.9 Å². The number of amides is 1. The summed E-state index contributed by atoms with van der Waals surface area (Å²) < 4.78 is 14.8. The van der Waals surface area contributed by atoms with E-state index in [1.54, 1.807) is 15.9 Å². The van der Waals surface area contributed by atoms with E-state index in [0.717, 1.165) is 35.2 Å². The van der Waals surface area contributed by atoms with Gasteiger partial charge < -0.3 is 5.32 Å². The van der Waals surface area contributed by atoms with Crippen LogP contribution in [-0.2, 0) is 11.2 Å². The number of nitrogens with zero attached hydrogens (tertiary/aromatic N) is 2. The molecule has 0 saturated heterocycles. The summed E-state index contributed by atoms with van der Waals surface area (Å²) >= 11 is 2.76. The maximum absolute atomic E-state index is 13.7. The molecule has 0 bridgehead atoms. The third kappa shape index (κ3) is 4.93. The minimum Gasteiger partial charge on any atom is -0.325 e. The summed E-state index contributed by atoms with van der Waals surface area (Å²) in [5.74, 6) is -0.561. The third-order valence-electron chi connectivity index (χ3n) is 5.72. The number of hydrogen-bond donors (Lipinski definition) is 1. The van der Waals surface area contributed by atoms with E-state index in [1.165, 1.54) is 40.9 Å². The highest BCUT2D eigenvalue weighted by molar-refractivity contribution is 7.99. The average molecular weight is 496 g/mol. The minimum absolute atomic E-state index is 0.0618. The van der Waals surface area contributed by atoms with E-state index in [9.17, 15) is 14.0 Å². The second-order valence-corrected chi connectivity index (χ2v) is 10.3. The predicted molar refractivity (Wildman–Crippen MR) is 139 cm³/mol. The second kappa shape index (κ2) is 10.1. The molecule has 34 heavy (non-hydrogen) atoms. The van der Waals surface area contributed by atoms with Crippen molar-refractivity contribution in [2.24, 2.45) is 0 Å². The highest BCUT2D eigenvalue weighted by Crippen LogP contribution is 2.31. The lowest BCUT2D eigenvalue weighted by Crippen LogP contribution is -2.23. The van der Waals surface area contributed by atoms with Gasteiger partial charge in [0.15, 0.2) is 5.16 Å². The average Bonchev–Trinajstić information content (AvgIpc) is 3.11. The molecule has 0 radical (unpaired) electrons. The minimum atomic E-state index is -0.365. The first kappa shape index (κ1) is 24.2.